The van der Waals surface area contributed by atoms with Crippen LogP contribution in [0.25, 0.3) is 16.9 Å². The van der Waals surface area contributed by atoms with Gasteiger partial charge in [0.2, 0.25) is 10.0 Å². The van der Waals surface area contributed by atoms with Crippen molar-refractivity contribution in [2.45, 2.75) is 4.90 Å². The molecule has 3 aromatic rings. The Morgan fingerprint density at radius 2 is 2.14 bits per heavy atom. The quantitative estimate of drug-likeness (QED) is 0.683. The summed E-state index contributed by atoms with van der Waals surface area (Å²) in [6, 6.07) is 4.21. The van der Waals surface area contributed by atoms with Crippen molar-refractivity contribution in [2.75, 3.05) is 7.11 Å². The van der Waals surface area contributed by atoms with Crippen LogP contribution < -0.4 is 15.6 Å². The van der Waals surface area contributed by atoms with Crippen molar-refractivity contribution in [2.24, 2.45) is 5.14 Å². The molecular weight excluding hydrogens is 310 g/mol. The van der Waals surface area contributed by atoms with Crippen LogP contribution >= 0.6 is 0 Å². The lowest BCUT2D eigenvalue weighted by atomic mass is 10.1. The van der Waals surface area contributed by atoms with E-state index in [1.807, 2.05) is 0 Å². The molecule has 0 atom stereocenters. The van der Waals surface area contributed by atoms with Gasteiger partial charge >= 0.3 is 5.69 Å². The monoisotopic (exact) mass is 321 g/mol. The minimum Gasteiger partial charge on any atom is -0.496 e. The maximum Gasteiger partial charge on any atom is 0.360 e. The molecule has 2 aromatic heterocycles. The molecule has 0 saturated carbocycles. The summed E-state index contributed by atoms with van der Waals surface area (Å²) in [5.41, 5.74) is 0.973. The number of nitrogens with one attached hydrogen (secondary N) is 1. The van der Waals surface area contributed by atoms with E-state index >= 15 is 0 Å². The molecule has 0 spiro atoms. The van der Waals surface area contributed by atoms with Crippen LogP contribution in [-0.4, -0.2) is 35.1 Å². The topological polar surface area (TPSA) is 132 Å². The lowest BCUT2D eigenvalue weighted by Crippen LogP contribution is -2.13. The van der Waals surface area contributed by atoms with Gasteiger partial charge in [-0.25, -0.2) is 32.9 Å². The normalized spacial score (nSPS) is 11.7. The Hall–Kier alpha value is -2.72. The van der Waals surface area contributed by atoms with Gasteiger partial charge in [0.05, 0.1) is 30.1 Å². The van der Waals surface area contributed by atoms with Crippen LogP contribution in [0.4, 0.5) is 0 Å². The van der Waals surface area contributed by atoms with Crippen molar-refractivity contribution in [1.82, 2.24) is 19.6 Å². The molecular formula is C12H11N5O4S. The zero-order chi connectivity index (χ0) is 15.9. The Balaban J connectivity index is 2.19. The van der Waals surface area contributed by atoms with E-state index in [4.69, 9.17) is 9.88 Å². The van der Waals surface area contributed by atoms with E-state index in [1.165, 1.54) is 36.0 Å². The van der Waals surface area contributed by atoms with Crippen molar-refractivity contribution >= 4 is 15.7 Å². The van der Waals surface area contributed by atoms with Crippen molar-refractivity contribution in [3.05, 3.63) is 41.1 Å². The first-order chi connectivity index (χ1) is 10.4. The van der Waals surface area contributed by atoms with Crippen LogP contribution in [0.3, 0.4) is 0 Å². The number of ether oxygens (including phenoxy) is 1. The largest absolute Gasteiger partial charge is 0.496 e. The van der Waals surface area contributed by atoms with E-state index in [1.54, 1.807) is 6.20 Å². The summed E-state index contributed by atoms with van der Waals surface area (Å²) in [7, 11) is -2.42. The Morgan fingerprint density at radius 1 is 1.36 bits per heavy atom. The second-order valence-electron chi connectivity index (χ2n) is 4.44. The Bertz CT molecular complexity index is 1020. The Kier molecular flexibility index (Phi) is 3.19. The number of sulfonamides is 1. The summed E-state index contributed by atoms with van der Waals surface area (Å²) >= 11 is 0. The lowest BCUT2D eigenvalue weighted by Gasteiger charge is -2.07. The summed E-state index contributed by atoms with van der Waals surface area (Å²) < 4.78 is 29.4. The maximum atomic E-state index is 11.4. The molecule has 3 rings (SSSR count). The molecule has 0 aliphatic heterocycles. The molecule has 114 valence electrons. The van der Waals surface area contributed by atoms with Gasteiger partial charge < -0.3 is 4.74 Å². The molecule has 1 aromatic carbocycles. The van der Waals surface area contributed by atoms with Gasteiger partial charge in [-0.2, -0.15) is 4.98 Å². The van der Waals surface area contributed by atoms with E-state index in [2.05, 4.69) is 15.1 Å². The highest BCUT2D eigenvalue weighted by atomic mass is 32.2. The molecule has 0 unspecified atom stereocenters. The van der Waals surface area contributed by atoms with E-state index in [9.17, 15) is 13.2 Å². The van der Waals surface area contributed by atoms with Crippen LogP contribution in [-0.2, 0) is 10.0 Å². The number of aromatic amines is 1. The Morgan fingerprint density at radius 3 is 2.82 bits per heavy atom. The zero-order valence-electron chi connectivity index (χ0n) is 11.3. The van der Waals surface area contributed by atoms with Crippen molar-refractivity contribution in [3.8, 4) is 17.0 Å². The number of aromatic nitrogens is 4. The number of H-pyrrole nitrogens is 1. The lowest BCUT2D eigenvalue weighted by molar-refractivity contribution is 0.415. The summed E-state index contributed by atoms with van der Waals surface area (Å²) in [4.78, 5) is 19.0. The van der Waals surface area contributed by atoms with Gasteiger partial charge in [-0.1, -0.05) is 0 Å². The average Bonchev–Trinajstić information content (AvgIpc) is 2.88. The maximum absolute atomic E-state index is 11.4. The molecule has 9 nitrogen and oxygen atoms in total. The van der Waals surface area contributed by atoms with E-state index in [0.29, 0.717) is 22.7 Å². The molecule has 0 bridgehead atoms. The number of rotatable bonds is 3. The van der Waals surface area contributed by atoms with Gasteiger partial charge in [-0.3, -0.25) is 0 Å². The number of methoxy groups -OCH3 is 1. The number of primary sulfonamides is 1. The Labute approximate surface area is 124 Å². The second-order valence-corrected chi connectivity index (χ2v) is 6.00. The van der Waals surface area contributed by atoms with Crippen LogP contribution in [0.15, 0.2) is 40.3 Å². The number of nitrogens with zero attached hydrogens (tertiary/aromatic N) is 3. The molecule has 10 heteroatoms. The van der Waals surface area contributed by atoms with Gasteiger partial charge in [0, 0.05) is 11.6 Å². The smallest absolute Gasteiger partial charge is 0.360 e. The molecule has 0 fully saturated rings. The molecule has 2 heterocycles. The van der Waals surface area contributed by atoms with Crippen LogP contribution in [0.5, 0.6) is 5.75 Å². The fourth-order valence-electron chi connectivity index (χ4n) is 2.01. The number of imidazole rings is 1. The minimum atomic E-state index is -3.83. The molecule has 0 radical (unpaired) electrons. The van der Waals surface area contributed by atoms with Gasteiger partial charge in [-0.05, 0) is 12.1 Å². The first-order valence-corrected chi connectivity index (χ1v) is 7.59. The predicted molar refractivity (Wildman–Crippen MR) is 77.0 cm³/mol. The highest BCUT2D eigenvalue weighted by molar-refractivity contribution is 7.89. The molecule has 0 amide bonds. The van der Waals surface area contributed by atoms with E-state index in [-0.39, 0.29) is 4.90 Å². The molecule has 0 saturated heterocycles. The first kappa shape index (κ1) is 14.2. The van der Waals surface area contributed by atoms with Crippen molar-refractivity contribution < 1.29 is 13.2 Å². The molecule has 0 aliphatic rings. The minimum absolute atomic E-state index is 0.0630. The number of benzene rings is 1. The number of hydrogen-bond acceptors (Lipinski definition) is 6. The zero-order valence-corrected chi connectivity index (χ0v) is 12.2. The van der Waals surface area contributed by atoms with Crippen LogP contribution in [0.1, 0.15) is 0 Å². The number of fused-ring (bicyclic) bond motifs is 1. The van der Waals surface area contributed by atoms with Gasteiger partial charge in [0.1, 0.15) is 5.75 Å². The molecule has 3 N–H and O–H groups in total. The van der Waals surface area contributed by atoms with Crippen LogP contribution in [0, 0.1) is 0 Å². The molecule has 22 heavy (non-hydrogen) atoms. The van der Waals surface area contributed by atoms with E-state index in [0.717, 1.165) is 0 Å². The highest BCUT2D eigenvalue weighted by Crippen LogP contribution is 2.31. The van der Waals surface area contributed by atoms with Gasteiger partial charge in [-0.15, -0.1) is 0 Å². The average molecular weight is 321 g/mol. The first-order valence-electron chi connectivity index (χ1n) is 6.04. The van der Waals surface area contributed by atoms with Crippen molar-refractivity contribution in [3.63, 3.8) is 0 Å². The number of hydrogen-bond donors (Lipinski definition) is 2. The van der Waals surface area contributed by atoms with Gasteiger partial charge in [0.25, 0.3) is 0 Å². The summed E-state index contributed by atoms with van der Waals surface area (Å²) in [6.45, 7) is 0. The SMILES string of the molecule is COc1cc(S(N)(=O)=O)ccc1-c1cn2[nH]c(=O)ncc2n1. The summed E-state index contributed by atoms with van der Waals surface area (Å²) in [6.07, 6.45) is 2.90. The number of nitrogens with two attached hydrogens (primary N) is 1. The third kappa shape index (κ3) is 2.44. The fraction of sp³-hybridized carbons (Fsp3) is 0.0833. The summed E-state index contributed by atoms with van der Waals surface area (Å²) in [5.74, 6) is 0.297. The fourth-order valence-corrected chi connectivity index (χ4v) is 2.54. The molecule has 0 aliphatic carbocycles. The highest BCUT2D eigenvalue weighted by Gasteiger charge is 2.15. The van der Waals surface area contributed by atoms with Gasteiger partial charge in [0.15, 0.2) is 5.65 Å². The summed E-state index contributed by atoms with van der Waals surface area (Å²) in [5, 5.41) is 7.58. The second kappa shape index (κ2) is 4.93. The van der Waals surface area contributed by atoms with Crippen molar-refractivity contribution in [1.29, 1.82) is 0 Å². The third-order valence-electron chi connectivity index (χ3n) is 3.02. The van der Waals surface area contributed by atoms with E-state index < -0.39 is 15.7 Å². The standard InChI is InChI=1S/C12H11N5O4S/c1-21-10-4-7(22(13,19)20)2-3-8(10)9-6-17-11(15-9)5-14-12(18)16-17/h2-6H,1H3,(H,16,18)(H2,13,19,20). The predicted octanol–water partition coefficient (Wildman–Crippen LogP) is -0.259. The van der Waals surface area contributed by atoms with Crippen LogP contribution in [0.2, 0.25) is 0 Å². The third-order valence-corrected chi connectivity index (χ3v) is 3.94.